The first kappa shape index (κ1) is 17.7. The molecule has 2 N–H and O–H groups in total. The molecule has 1 aromatic carbocycles. The molecule has 0 unspecified atom stereocenters. The van der Waals surface area contributed by atoms with E-state index in [-0.39, 0.29) is 6.03 Å². The Labute approximate surface area is 153 Å². The number of benzene rings is 1. The molecular weight excluding hydrogens is 328 g/mol. The number of anilines is 2. The minimum absolute atomic E-state index is 0.312. The molecule has 7 nitrogen and oxygen atoms in total. The Kier molecular flexibility index (Phi) is 5.66. The van der Waals surface area contributed by atoms with Crippen LogP contribution in [0.4, 0.5) is 16.3 Å². The van der Waals surface area contributed by atoms with E-state index in [1.807, 2.05) is 12.1 Å². The molecule has 0 bridgehead atoms. The van der Waals surface area contributed by atoms with Gasteiger partial charge in [-0.05, 0) is 31.3 Å². The molecule has 2 heterocycles. The SMILES string of the molecule is CN1CCN(c2ncccc2CNC(=O)Nc2cccc(C#N)c2)CC1. The van der Waals surface area contributed by atoms with E-state index in [2.05, 4.69) is 38.5 Å². The van der Waals surface area contributed by atoms with Gasteiger partial charge in [0.15, 0.2) is 0 Å². The topological polar surface area (TPSA) is 84.3 Å². The van der Waals surface area contributed by atoms with Gasteiger partial charge >= 0.3 is 6.03 Å². The lowest BCUT2D eigenvalue weighted by atomic mass is 10.2. The van der Waals surface area contributed by atoms with E-state index in [4.69, 9.17) is 5.26 Å². The number of piperazine rings is 1. The number of amides is 2. The van der Waals surface area contributed by atoms with Crippen LogP contribution in [0.2, 0.25) is 0 Å². The largest absolute Gasteiger partial charge is 0.354 e. The average molecular weight is 350 g/mol. The average Bonchev–Trinajstić information content (AvgIpc) is 2.67. The van der Waals surface area contributed by atoms with Gasteiger partial charge < -0.3 is 20.4 Å². The zero-order chi connectivity index (χ0) is 18.4. The smallest absolute Gasteiger partial charge is 0.319 e. The van der Waals surface area contributed by atoms with E-state index in [1.165, 1.54) is 0 Å². The van der Waals surface area contributed by atoms with Crippen LogP contribution in [0.15, 0.2) is 42.6 Å². The first-order valence-electron chi connectivity index (χ1n) is 8.58. The van der Waals surface area contributed by atoms with Crippen LogP contribution in [0.1, 0.15) is 11.1 Å². The molecule has 26 heavy (non-hydrogen) atoms. The van der Waals surface area contributed by atoms with Crippen LogP contribution in [0, 0.1) is 11.3 Å². The normalized spacial score (nSPS) is 14.5. The first-order chi connectivity index (χ1) is 12.7. The molecule has 0 atom stereocenters. The highest BCUT2D eigenvalue weighted by Gasteiger charge is 2.18. The fourth-order valence-electron chi connectivity index (χ4n) is 2.89. The number of rotatable bonds is 4. The molecule has 1 aromatic heterocycles. The standard InChI is InChI=1S/C19H22N6O/c1-24-8-10-25(11-9-24)18-16(5-3-7-21-18)14-22-19(26)23-17-6-2-4-15(12-17)13-20/h2-7,12H,8-11,14H2,1H3,(H2,22,23,26). The molecule has 1 fully saturated rings. The van der Waals surface area contributed by atoms with Crippen LogP contribution >= 0.6 is 0 Å². The second-order valence-corrected chi connectivity index (χ2v) is 6.28. The van der Waals surface area contributed by atoms with Crippen LogP contribution in [-0.2, 0) is 6.54 Å². The summed E-state index contributed by atoms with van der Waals surface area (Å²) in [6.45, 7) is 4.24. The lowest BCUT2D eigenvalue weighted by Gasteiger charge is -2.34. The van der Waals surface area contributed by atoms with E-state index in [9.17, 15) is 4.79 Å². The molecule has 1 saturated heterocycles. The Balaban J connectivity index is 1.61. The fraction of sp³-hybridized carbons (Fsp3) is 0.316. The summed E-state index contributed by atoms with van der Waals surface area (Å²) in [4.78, 5) is 21.2. The predicted octanol–water partition coefficient (Wildman–Crippen LogP) is 2.03. The van der Waals surface area contributed by atoms with Crippen molar-refractivity contribution < 1.29 is 4.79 Å². The lowest BCUT2D eigenvalue weighted by molar-refractivity contribution is 0.251. The van der Waals surface area contributed by atoms with Gasteiger partial charge in [0.05, 0.1) is 11.6 Å². The molecule has 1 aliphatic heterocycles. The Morgan fingerprint density at radius 2 is 2.04 bits per heavy atom. The third-order valence-corrected chi connectivity index (χ3v) is 4.36. The summed E-state index contributed by atoms with van der Waals surface area (Å²) >= 11 is 0. The van der Waals surface area contributed by atoms with Gasteiger partial charge in [0.1, 0.15) is 5.82 Å². The third kappa shape index (κ3) is 4.49. The van der Waals surface area contributed by atoms with E-state index in [0.29, 0.717) is 17.8 Å². The number of aromatic nitrogens is 1. The zero-order valence-electron chi connectivity index (χ0n) is 14.8. The summed E-state index contributed by atoms with van der Waals surface area (Å²) in [5, 5.41) is 14.5. The second-order valence-electron chi connectivity index (χ2n) is 6.28. The molecule has 7 heteroatoms. The second kappa shape index (κ2) is 8.32. The van der Waals surface area contributed by atoms with Gasteiger partial charge in [0.2, 0.25) is 0 Å². The summed E-state index contributed by atoms with van der Waals surface area (Å²) in [6, 6.07) is 12.4. The van der Waals surface area contributed by atoms with Crippen molar-refractivity contribution >= 4 is 17.5 Å². The molecule has 2 aromatic rings. The Hall–Kier alpha value is -3.11. The van der Waals surface area contributed by atoms with E-state index in [1.54, 1.807) is 30.5 Å². The van der Waals surface area contributed by atoms with Gasteiger partial charge in [0, 0.05) is 50.2 Å². The summed E-state index contributed by atoms with van der Waals surface area (Å²) in [6.07, 6.45) is 1.78. The van der Waals surface area contributed by atoms with Crippen molar-refractivity contribution in [3.8, 4) is 6.07 Å². The predicted molar refractivity (Wildman–Crippen MR) is 101 cm³/mol. The van der Waals surface area contributed by atoms with Crippen molar-refractivity contribution in [3.05, 3.63) is 53.7 Å². The third-order valence-electron chi connectivity index (χ3n) is 4.36. The first-order valence-corrected chi connectivity index (χ1v) is 8.58. The number of urea groups is 1. The van der Waals surface area contributed by atoms with Crippen molar-refractivity contribution in [2.75, 3.05) is 43.4 Å². The van der Waals surface area contributed by atoms with Crippen molar-refractivity contribution in [3.63, 3.8) is 0 Å². The summed E-state index contributed by atoms with van der Waals surface area (Å²) < 4.78 is 0. The summed E-state index contributed by atoms with van der Waals surface area (Å²) in [5.74, 6) is 0.923. The van der Waals surface area contributed by atoms with Crippen molar-refractivity contribution in [1.82, 2.24) is 15.2 Å². The molecule has 0 radical (unpaired) electrons. The number of nitriles is 1. The van der Waals surface area contributed by atoms with Gasteiger partial charge in [0.25, 0.3) is 0 Å². The monoisotopic (exact) mass is 350 g/mol. The van der Waals surface area contributed by atoms with Gasteiger partial charge in [-0.2, -0.15) is 5.26 Å². The molecule has 134 valence electrons. The van der Waals surface area contributed by atoms with Crippen LogP contribution in [0.3, 0.4) is 0 Å². The number of carbonyl (C=O) groups excluding carboxylic acids is 1. The van der Waals surface area contributed by atoms with Gasteiger partial charge in [-0.15, -0.1) is 0 Å². The van der Waals surface area contributed by atoms with Gasteiger partial charge in [-0.25, -0.2) is 9.78 Å². The Morgan fingerprint density at radius 3 is 2.81 bits per heavy atom. The van der Waals surface area contributed by atoms with Crippen LogP contribution in [-0.4, -0.2) is 49.1 Å². The number of hydrogen-bond acceptors (Lipinski definition) is 5. The molecule has 0 saturated carbocycles. The maximum atomic E-state index is 12.2. The quantitative estimate of drug-likeness (QED) is 0.881. The van der Waals surface area contributed by atoms with E-state index < -0.39 is 0 Å². The fourth-order valence-corrected chi connectivity index (χ4v) is 2.89. The summed E-state index contributed by atoms with van der Waals surface area (Å²) in [7, 11) is 2.11. The summed E-state index contributed by atoms with van der Waals surface area (Å²) in [5.41, 5.74) is 2.08. The molecule has 1 aliphatic rings. The Morgan fingerprint density at radius 1 is 1.23 bits per heavy atom. The van der Waals surface area contributed by atoms with Gasteiger partial charge in [-0.3, -0.25) is 0 Å². The Bertz CT molecular complexity index is 808. The number of pyridine rings is 1. The minimum atomic E-state index is -0.312. The highest BCUT2D eigenvalue weighted by molar-refractivity contribution is 5.89. The number of carbonyl (C=O) groups is 1. The van der Waals surface area contributed by atoms with Crippen molar-refractivity contribution in [1.29, 1.82) is 5.26 Å². The lowest BCUT2D eigenvalue weighted by Crippen LogP contribution is -2.45. The molecule has 3 rings (SSSR count). The minimum Gasteiger partial charge on any atom is -0.354 e. The number of likely N-dealkylation sites (N-methyl/N-ethyl adjacent to an activating group) is 1. The highest BCUT2D eigenvalue weighted by atomic mass is 16.2. The maximum Gasteiger partial charge on any atom is 0.319 e. The van der Waals surface area contributed by atoms with E-state index in [0.717, 1.165) is 37.6 Å². The van der Waals surface area contributed by atoms with Gasteiger partial charge in [-0.1, -0.05) is 12.1 Å². The van der Waals surface area contributed by atoms with Crippen molar-refractivity contribution in [2.45, 2.75) is 6.54 Å². The number of hydrogen-bond donors (Lipinski definition) is 2. The van der Waals surface area contributed by atoms with Crippen LogP contribution in [0.5, 0.6) is 0 Å². The van der Waals surface area contributed by atoms with E-state index >= 15 is 0 Å². The van der Waals surface area contributed by atoms with Crippen molar-refractivity contribution in [2.24, 2.45) is 0 Å². The highest BCUT2D eigenvalue weighted by Crippen LogP contribution is 2.18. The van der Waals surface area contributed by atoms with Crippen LogP contribution in [0.25, 0.3) is 0 Å². The molecule has 0 aliphatic carbocycles. The molecule has 0 spiro atoms. The zero-order valence-corrected chi connectivity index (χ0v) is 14.8. The number of nitrogens with zero attached hydrogens (tertiary/aromatic N) is 4. The maximum absolute atomic E-state index is 12.2. The molecule has 2 amide bonds. The van der Waals surface area contributed by atoms with Crippen LogP contribution < -0.4 is 15.5 Å². The molecular formula is C19H22N6O. The number of nitrogens with one attached hydrogen (secondary N) is 2.